The van der Waals surface area contributed by atoms with E-state index in [1.54, 1.807) is 18.3 Å². The zero-order valence-electron chi connectivity index (χ0n) is 16.7. The molecule has 1 amide bonds. The van der Waals surface area contributed by atoms with Gasteiger partial charge in [-0.15, -0.1) is 0 Å². The van der Waals surface area contributed by atoms with Gasteiger partial charge < -0.3 is 20.3 Å². The zero-order chi connectivity index (χ0) is 19.9. The van der Waals surface area contributed by atoms with E-state index in [0.29, 0.717) is 30.5 Å². The summed E-state index contributed by atoms with van der Waals surface area (Å²) in [6, 6.07) is 5.42. The summed E-state index contributed by atoms with van der Waals surface area (Å²) in [5.41, 5.74) is 1.40. The predicted molar refractivity (Wildman–Crippen MR) is 109 cm³/mol. The van der Waals surface area contributed by atoms with Gasteiger partial charge in [0.25, 0.3) is 5.91 Å². The summed E-state index contributed by atoms with van der Waals surface area (Å²) in [5.74, 6) is 1.80. The standard InChI is InChI=1S/C20H28N6O2/c1-14-12-17(26(2)3)25-20(24-14)22-11-10-21-19(27)15-8-9-18(23-13-15)28-16-6-4-5-7-16/h8-9,12-13,16H,4-7,10-11H2,1-3H3,(H,21,27)(H,22,24,25). The highest BCUT2D eigenvalue weighted by molar-refractivity contribution is 5.93. The van der Waals surface area contributed by atoms with Crippen LogP contribution in [0.25, 0.3) is 0 Å². The van der Waals surface area contributed by atoms with Crippen LogP contribution < -0.4 is 20.3 Å². The molecule has 0 spiro atoms. The quantitative estimate of drug-likeness (QED) is 0.675. The zero-order valence-corrected chi connectivity index (χ0v) is 16.7. The van der Waals surface area contributed by atoms with E-state index in [1.807, 2.05) is 32.0 Å². The summed E-state index contributed by atoms with van der Waals surface area (Å²) in [5, 5.41) is 6.00. The fourth-order valence-corrected chi connectivity index (χ4v) is 3.07. The maximum atomic E-state index is 12.3. The monoisotopic (exact) mass is 384 g/mol. The van der Waals surface area contributed by atoms with Gasteiger partial charge in [-0.3, -0.25) is 4.79 Å². The van der Waals surface area contributed by atoms with E-state index < -0.39 is 0 Å². The van der Waals surface area contributed by atoms with Crippen LogP contribution in [0.15, 0.2) is 24.4 Å². The Morgan fingerprint density at radius 3 is 2.68 bits per heavy atom. The Morgan fingerprint density at radius 2 is 2.00 bits per heavy atom. The maximum absolute atomic E-state index is 12.3. The minimum Gasteiger partial charge on any atom is -0.474 e. The SMILES string of the molecule is Cc1cc(N(C)C)nc(NCCNC(=O)c2ccc(OC3CCCC3)nc2)n1. The highest BCUT2D eigenvalue weighted by Gasteiger charge is 2.17. The fourth-order valence-electron chi connectivity index (χ4n) is 3.07. The van der Waals surface area contributed by atoms with Crippen LogP contribution in [0.3, 0.4) is 0 Å². The number of nitrogens with zero attached hydrogens (tertiary/aromatic N) is 4. The smallest absolute Gasteiger partial charge is 0.252 e. The normalized spacial score (nSPS) is 14.0. The molecule has 2 aromatic rings. The minimum atomic E-state index is -0.166. The summed E-state index contributed by atoms with van der Waals surface area (Å²) in [6.07, 6.45) is 6.40. The van der Waals surface area contributed by atoms with Crippen LogP contribution in [0.5, 0.6) is 5.88 Å². The van der Waals surface area contributed by atoms with Gasteiger partial charge in [-0.25, -0.2) is 9.97 Å². The average molecular weight is 384 g/mol. The molecule has 0 aliphatic heterocycles. The van der Waals surface area contributed by atoms with Crippen molar-refractivity contribution in [2.45, 2.75) is 38.7 Å². The van der Waals surface area contributed by atoms with Crippen molar-refractivity contribution in [1.29, 1.82) is 0 Å². The second-order valence-electron chi connectivity index (χ2n) is 7.18. The van der Waals surface area contributed by atoms with Crippen LogP contribution in [0.4, 0.5) is 11.8 Å². The molecule has 1 aliphatic carbocycles. The fraction of sp³-hybridized carbons (Fsp3) is 0.500. The molecule has 2 heterocycles. The Labute approximate surface area is 165 Å². The van der Waals surface area contributed by atoms with Crippen LogP contribution >= 0.6 is 0 Å². The number of carbonyl (C=O) groups is 1. The molecule has 0 aromatic carbocycles. The topological polar surface area (TPSA) is 92.3 Å². The Hall–Kier alpha value is -2.90. The van der Waals surface area contributed by atoms with E-state index in [1.165, 1.54) is 12.8 Å². The number of aryl methyl sites for hydroxylation is 1. The molecule has 28 heavy (non-hydrogen) atoms. The number of pyridine rings is 1. The van der Waals surface area contributed by atoms with Crippen molar-refractivity contribution in [2.75, 3.05) is 37.4 Å². The number of nitrogens with one attached hydrogen (secondary N) is 2. The molecule has 1 fully saturated rings. The van der Waals surface area contributed by atoms with Gasteiger partial charge >= 0.3 is 0 Å². The number of amides is 1. The first-order chi connectivity index (χ1) is 13.5. The van der Waals surface area contributed by atoms with Gasteiger partial charge in [0.2, 0.25) is 11.8 Å². The van der Waals surface area contributed by atoms with Crippen molar-refractivity contribution in [3.63, 3.8) is 0 Å². The number of anilines is 2. The molecular formula is C20H28N6O2. The average Bonchev–Trinajstić information content (AvgIpc) is 3.18. The molecule has 150 valence electrons. The van der Waals surface area contributed by atoms with Crippen molar-refractivity contribution in [3.05, 3.63) is 35.7 Å². The number of hydrogen-bond donors (Lipinski definition) is 2. The van der Waals surface area contributed by atoms with Crippen LogP contribution in [0, 0.1) is 6.92 Å². The first-order valence-electron chi connectivity index (χ1n) is 9.69. The number of hydrogen-bond acceptors (Lipinski definition) is 7. The lowest BCUT2D eigenvalue weighted by Gasteiger charge is -2.14. The molecule has 3 rings (SSSR count). The van der Waals surface area contributed by atoms with E-state index in [0.717, 1.165) is 24.4 Å². The molecule has 8 heteroatoms. The molecule has 1 saturated carbocycles. The summed E-state index contributed by atoms with van der Waals surface area (Å²) in [4.78, 5) is 27.2. The largest absolute Gasteiger partial charge is 0.474 e. The van der Waals surface area contributed by atoms with E-state index in [2.05, 4.69) is 25.6 Å². The second kappa shape index (κ2) is 9.34. The van der Waals surface area contributed by atoms with E-state index in [-0.39, 0.29) is 12.0 Å². The van der Waals surface area contributed by atoms with Crippen LogP contribution in [0.1, 0.15) is 41.7 Å². The Morgan fingerprint density at radius 1 is 1.21 bits per heavy atom. The Balaban J connectivity index is 1.44. The third kappa shape index (κ3) is 5.55. The molecule has 0 radical (unpaired) electrons. The molecule has 1 aliphatic rings. The molecule has 2 N–H and O–H groups in total. The van der Waals surface area contributed by atoms with Crippen LogP contribution in [-0.4, -0.2) is 54.1 Å². The highest BCUT2D eigenvalue weighted by atomic mass is 16.5. The number of rotatable bonds is 8. The van der Waals surface area contributed by atoms with Gasteiger partial charge in [0.1, 0.15) is 11.9 Å². The van der Waals surface area contributed by atoms with Gasteiger partial charge in [-0.1, -0.05) is 0 Å². The summed E-state index contributed by atoms with van der Waals surface area (Å²) >= 11 is 0. The number of ether oxygens (including phenoxy) is 1. The third-order valence-electron chi connectivity index (χ3n) is 4.58. The molecular weight excluding hydrogens is 356 g/mol. The number of aromatic nitrogens is 3. The van der Waals surface area contributed by atoms with Crippen LogP contribution in [-0.2, 0) is 0 Å². The van der Waals surface area contributed by atoms with Crippen molar-refractivity contribution < 1.29 is 9.53 Å². The van der Waals surface area contributed by atoms with Gasteiger partial charge in [0.05, 0.1) is 5.56 Å². The molecule has 0 unspecified atom stereocenters. The summed E-state index contributed by atoms with van der Waals surface area (Å²) < 4.78 is 5.82. The minimum absolute atomic E-state index is 0.166. The molecule has 0 bridgehead atoms. The Bertz CT molecular complexity index is 788. The van der Waals surface area contributed by atoms with Gasteiger partial charge in [0.15, 0.2) is 0 Å². The molecule has 2 aromatic heterocycles. The van der Waals surface area contributed by atoms with Crippen molar-refractivity contribution in [2.24, 2.45) is 0 Å². The van der Waals surface area contributed by atoms with Gasteiger partial charge in [0, 0.05) is 51.2 Å². The molecule has 8 nitrogen and oxygen atoms in total. The van der Waals surface area contributed by atoms with E-state index in [9.17, 15) is 4.79 Å². The van der Waals surface area contributed by atoms with Gasteiger partial charge in [-0.2, -0.15) is 4.98 Å². The first-order valence-corrected chi connectivity index (χ1v) is 9.69. The number of carbonyl (C=O) groups excluding carboxylic acids is 1. The molecule has 0 atom stereocenters. The Kier molecular flexibility index (Phi) is 6.62. The third-order valence-corrected chi connectivity index (χ3v) is 4.58. The lowest BCUT2D eigenvalue weighted by molar-refractivity contribution is 0.0954. The summed E-state index contributed by atoms with van der Waals surface area (Å²) in [7, 11) is 3.87. The van der Waals surface area contributed by atoms with Crippen LogP contribution in [0.2, 0.25) is 0 Å². The van der Waals surface area contributed by atoms with Gasteiger partial charge in [-0.05, 0) is 38.7 Å². The molecule has 0 saturated heterocycles. The van der Waals surface area contributed by atoms with E-state index in [4.69, 9.17) is 4.74 Å². The lowest BCUT2D eigenvalue weighted by Crippen LogP contribution is -2.29. The van der Waals surface area contributed by atoms with Crippen molar-refractivity contribution in [1.82, 2.24) is 20.3 Å². The predicted octanol–water partition coefficient (Wildman–Crippen LogP) is 2.41. The van der Waals surface area contributed by atoms with E-state index >= 15 is 0 Å². The maximum Gasteiger partial charge on any atom is 0.252 e. The second-order valence-corrected chi connectivity index (χ2v) is 7.18. The highest BCUT2D eigenvalue weighted by Crippen LogP contribution is 2.22. The first kappa shape index (κ1) is 19.9. The van der Waals surface area contributed by atoms with Crippen molar-refractivity contribution >= 4 is 17.7 Å². The lowest BCUT2D eigenvalue weighted by atomic mass is 10.2. The van der Waals surface area contributed by atoms with Crippen molar-refractivity contribution in [3.8, 4) is 5.88 Å². The summed E-state index contributed by atoms with van der Waals surface area (Å²) in [6.45, 7) is 2.90.